The second-order valence-electron chi connectivity index (χ2n) is 6.76. The molecular formula is C20H16F3N3. The van der Waals surface area contributed by atoms with E-state index in [2.05, 4.69) is 5.10 Å². The van der Waals surface area contributed by atoms with Gasteiger partial charge in [-0.1, -0.05) is 30.3 Å². The highest BCUT2D eigenvalue weighted by atomic mass is 19.4. The summed E-state index contributed by atoms with van der Waals surface area (Å²) in [6, 6.07) is 17.1. The molecule has 0 N–H and O–H groups in total. The summed E-state index contributed by atoms with van der Waals surface area (Å²) in [6.45, 7) is 0. The number of para-hydroxylation sites is 1. The van der Waals surface area contributed by atoms with Gasteiger partial charge < -0.3 is 0 Å². The number of nitrogens with zero attached hydrogens (tertiary/aromatic N) is 3. The van der Waals surface area contributed by atoms with Crippen LogP contribution in [0, 0.1) is 17.2 Å². The smallest absolute Gasteiger partial charge is 0.249 e. The van der Waals surface area contributed by atoms with Crippen molar-refractivity contribution in [3.05, 3.63) is 65.7 Å². The quantitative estimate of drug-likeness (QED) is 0.787. The molecule has 1 aliphatic carbocycles. The summed E-state index contributed by atoms with van der Waals surface area (Å²) in [5.74, 6) is -0.456. The van der Waals surface area contributed by atoms with Crippen LogP contribution in [0.1, 0.15) is 30.4 Å². The normalized spacial score (nSPS) is 22.8. The number of hydrogen-bond acceptors (Lipinski definition) is 3. The molecule has 6 heteroatoms. The number of nitriles is 1. The van der Waals surface area contributed by atoms with Gasteiger partial charge in [0.1, 0.15) is 0 Å². The Morgan fingerprint density at radius 3 is 2.23 bits per heavy atom. The van der Waals surface area contributed by atoms with Crippen LogP contribution in [0.15, 0.2) is 59.7 Å². The zero-order valence-corrected chi connectivity index (χ0v) is 13.9. The molecule has 1 saturated carbocycles. The first-order chi connectivity index (χ1) is 12.5. The number of halogens is 3. The standard InChI is InChI=1S/C20H16F3N3/c21-20(22,23)19(16-10-11-16)12-18(15-8-6-14(13-24)7-9-15)25-26(19)17-4-2-1-3-5-17/h1-9,16H,10-12H2. The van der Waals surface area contributed by atoms with Crippen LogP contribution in [0.4, 0.5) is 18.9 Å². The van der Waals surface area contributed by atoms with Crippen LogP contribution in [-0.4, -0.2) is 17.4 Å². The van der Waals surface area contributed by atoms with E-state index in [4.69, 9.17) is 5.26 Å². The molecule has 1 heterocycles. The second kappa shape index (κ2) is 5.87. The van der Waals surface area contributed by atoms with Crippen LogP contribution in [0.25, 0.3) is 0 Å². The predicted molar refractivity (Wildman–Crippen MR) is 92.7 cm³/mol. The summed E-state index contributed by atoms with van der Waals surface area (Å²) in [5, 5.41) is 14.5. The highest BCUT2D eigenvalue weighted by Crippen LogP contribution is 2.57. The molecule has 0 aromatic heterocycles. The topological polar surface area (TPSA) is 39.4 Å². The summed E-state index contributed by atoms with van der Waals surface area (Å²) in [6.07, 6.45) is -3.47. The highest BCUT2D eigenvalue weighted by Gasteiger charge is 2.68. The van der Waals surface area contributed by atoms with Crippen LogP contribution in [0.5, 0.6) is 0 Å². The molecule has 1 aliphatic heterocycles. The van der Waals surface area contributed by atoms with Gasteiger partial charge in [0, 0.05) is 6.42 Å². The van der Waals surface area contributed by atoms with Gasteiger partial charge >= 0.3 is 6.18 Å². The van der Waals surface area contributed by atoms with Gasteiger partial charge in [-0.15, -0.1) is 0 Å². The lowest BCUT2D eigenvalue weighted by atomic mass is 9.85. The molecule has 0 bridgehead atoms. The maximum atomic E-state index is 14.3. The van der Waals surface area contributed by atoms with Gasteiger partial charge in [-0.2, -0.15) is 23.5 Å². The summed E-state index contributed by atoms with van der Waals surface area (Å²) < 4.78 is 42.9. The molecule has 132 valence electrons. The third kappa shape index (κ3) is 2.55. The van der Waals surface area contributed by atoms with Crippen LogP contribution >= 0.6 is 0 Å². The molecule has 0 saturated heterocycles. The molecular weight excluding hydrogens is 339 g/mol. The first kappa shape index (κ1) is 16.6. The van der Waals surface area contributed by atoms with Gasteiger partial charge in [0.25, 0.3) is 0 Å². The Labute approximate surface area is 149 Å². The lowest BCUT2D eigenvalue weighted by Gasteiger charge is -2.39. The molecule has 0 amide bonds. The van der Waals surface area contributed by atoms with E-state index in [-0.39, 0.29) is 6.42 Å². The van der Waals surface area contributed by atoms with Crippen molar-refractivity contribution in [1.29, 1.82) is 5.26 Å². The first-order valence-corrected chi connectivity index (χ1v) is 8.46. The third-order valence-electron chi connectivity index (χ3n) is 5.13. The number of hydrogen-bond donors (Lipinski definition) is 0. The zero-order valence-electron chi connectivity index (χ0n) is 13.9. The van der Waals surface area contributed by atoms with Crippen molar-refractivity contribution in [2.45, 2.75) is 31.0 Å². The Bertz CT molecular complexity index is 877. The van der Waals surface area contributed by atoms with E-state index in [1.807, 2.05) is 6.07 Å². The second-order valence-corrected chi connectivity index (χ2v) is 6.76. The number of rotatable bonds is 3. The van der Waals surface area contributed by atoms with Crippen LogP contribution in [0.2, 0.25) is 0 Å². The van der Waals surface area contributed by atoms with Crippen LogP contribution < -0.4 is 5.01 Å². The van der Waals surface area contributed by atoms with Gasteiger partial charge in [0.2, 0.25) is 0 Å². The van der Waals surface area contributed by atoms with Gasteiger partial charge in [-0.25, -0.2) is 5.01 Å². The molecule has 2 aliphatic rings. The fourth-order valence-electron chi connectivity index (χ4n) is 3.66. The van der Waals surface area contributed by atoms with Crippen LogP contribution in [0.3, 0.4) is 0 Å². The Kier molecular flexibility index (Phi) is 3.76. The van der Waals surface area contributed by atoms with E-state index in [1.165, 1.54) is 5.01 Å². The Morgan fingerprint density at radius 1 is 1.04 bits per heavy atom. The third-order valence-corrected chi connectivity index (χ3v) is 5.13. The van der Waals surface area contributed by atoms with E-state index in [9.17, 15) is 13.2 Å². The van der Waals surface area contributed by atoms with Crippen LogP contribution in [-0.2, 0) is 0 Å². The minimum Gasteiger partial charge on any atom is -0.249 e. The molecule has 26 heavy (non-hydrogen) atoms. The van der Waals surface area contributed by atoms with Crippen molar-refractivity contribution >= 4 is 11.4 Å². The minimum absolute atomic E-state index is 0.179. The van der Waals surface area contributed by atoms with Gasteiger partial charge in [-0.3, -0.25) is 0 Å². The lowest BCUT2D eigenvalue weighted by Crippen LogP contribution is -2.57. The van der Waals surface area contributed by atoms with Crippen molar-refractivity contribution < 1.29 is 13.2 Å². The molecule has 2 aromatic rings. The molecule has 0 radical (unpaired) electrons. The summed E-state index contributed by atoms with van der Waals surface area (Å²) in [4.78, 5) is 0. The highest BCUT2D eigenvalue weighted by molar-refractivity contribution is 6.04. The van der Waals surface area contributed by atoms with Gasteiger partial charge in [0.05, 0.1) is 23.0 Å². The number of alkyl halides is 3. The summed E-state index contributed by atoms with van der Waals surface area (Å²) in [7, 11) is 0. The number of benzene rings is 2. The predicted octanol–water partition coefficient (Wildman–Crippen LogP) is 4.88. The lowest BCUT2D eigenvalue weighted by molar-refractivity contribution is -0.189. The maximum absolute atomic E-state index is 14.3. The van der Waals surface area contributed by atoms with E-state index >= 15 is 0 Å². The molecule has 1 atom stereocenters. The van der Waals surface area contributed by atoms with Gasteiger partial charge in [-0.05, 0) is 48.6 Å². The Balaban J connectivity index is 1.82. The summed E-state index contributed by atoms with van der Waals surface area (Å²) in [5.41, 5.74) is -0.0615. The van der Waals surface area contributed by atoms with Crippen molar-refractivity contribution in [1.82, 2.24) is 0 Å². The average Bonchev–Trinajstić information content (AvgIpc) is 3.41. The monoisotopic (exact) mass is 355 g/mol. The first-order valence-electron chi connectivity index (χ1n) is 8.46. The fourth-order valence-corrected chi connectivity index (χ4v) is 3.66. The van der Waals surface area contributed by atoms with E-state index < -0.39 is 17.6 Å². The molecule has 2 aromatic carbocycles. The van der Waals surface area contributed by atoms with Crippen molar-refractivity contribution in [3.63, 3.8) is 0 Å². The average molecular weight is 355 g/mol. The van der Waals surface area contributed by atoms with E-state index in [0.717, 1.165) is 0 Å². The van der Waals surface area contributed by atoms with Crippen molar-refractivity contribution in [3.8, 4) is 6.07 Å². The van der Waals surface area contributed by atoms with Crippen molar-refractivity contribution in [2.75, 3.05) is 5.01 Å². The number of anilines is 1. The minimum atomic E-state index is -4.40. The Hall–Kier alpha value is -2.81. The molecule has 3 nitrogen and oxygen atoms in total. The molecule has 4 rings (SSSR count). The Morgan fingerprint density at radius 2 is 1.69 bits per heavy atom. The van der Waals surface area contributed by atoms with E-state index in [0.29, 0.717) is 35.4 Å². The SMILES string of the molecule is N#Cc1ccc(C2=NN(c3ccccc3)C(C3CC3)(C(F)(F)F)C2)cc1. The number of hydrazone groups is 1. The van der Waals surface area contributed by atoms with E-state index in [1.54, 1.807) is 54.6 Å². The fraction of sp³-hybridized carbons (Fsp3) is 0.300. The van der Waals surface area contributed by atoms with Gasteiger partial charge in [0.15, 0.2) is 5.54 Å². The molecule has 0 spiro atoms. The largest absolute Gasteiger partial charge is 0.414 e. The maximum Gasteiger partial charge on any atom is 0.414 e. The molecule has 1 fully saturated rings. The zero-order chi connectivity index (χ0) is 18.4. The molecule has 1 unspecified atom stereocenters. The summed E-state index contributed by atoms with van der Waals surface area (Å²) >= 11 is 0. The van der Waals surface area contributed by atoms with Crippen molar-refractivity contribution in [2.24, 2.45) is 11.0 Å².